The minimum atomic E-state index is -0.450. The van der Waals surface area contributed by atoms with Crippen molar-refractivity contribution >= 4 is 22.7 Å². The molecule has 29 heavy (non-hydrogen) atoms. The van der Waals surface area contributed by atoms with E-state index in [1.54, 1.807) is 24.3 Å². The Balaban J connectivity index is 1.80. The van der Waals surface area contributed by atoms with E-state index < -0.39 is 5.97 Å². The van der Waals surface area contributed by atoms with Gasteiger partial charge < -0.3 is 4.74 Å². The highest BCUT2D eigenvalue weighted by molar-refractivity contribution is 6.07. The number of carbonyl (C=O) groups is 2. The van der Waals surface area contributed by atoms with Gasteiger partial charge in [0.05, 0.1) is 16.8 Å². The lowest BCUT2D eigenvalue weighted by Crippen LogP contribution is -2.12. The molecule has 0 amide bonds. The first-order chi connectivity index (χ1) is 14.0. The van der Waals surface area contributed by atoms with Gasteiger partial charge >= 0.3 is 5.97 Å². The molecule has 0 aliphatic carbocycles. The number of rotatable bonds is 4. The molecule has 0 radical (unpaired) electrons. The molecule has 3 aromatic carbocycles. The van der Waals surface area contributed by atoms with Crippen LogP contribution in [0.15, 0.2) is 78.9 Å². The van der Waals surface area contributed by atoms with E-state index in [4.69, 9.17) is 9.72 Å². The second-order valence-corrected chi connectivity index (χ2v) is 6.81. The number of carbonyl (C=O) groups excluding carboxylic acids is 2. The van der Waals surface area contributed by atoms with E-state index in [-0.39, 0.29) is 5.78 Å². The topological polar surface area (TPSA) is 56.3 Å². The van der Waals surface area contributed by atoms with Crippen molar-refractivity contribution in [1.82, 2.24) is 4.98 Å². The van der Waals surface area contributed by atoms with Crippen LogP contribution >= 0.6 is 0 Å². The van der Waals surface area contributed by atoms with Gasteiger partial charge in [0.1, 0.15) is 5.75 Å². The summed E-state index contributed by atoms with van der Waals surface area (Å²) in [6, 6.07) is 23.9. The van der Waals surface area contributed by atoms with Crippen molar-refractivity contribution in [3.63, 3.8) is 0 Å². The second kappa shape index (κ2) is 7.68. The lowest BCUT2D eigenvalue weighted by Gasteiger charge is -2.14. The number of para-hydroxylation sites is 1. The average Bonchev–Trinajstić information content (AvgIpc) is 2.74. The van der Waals surface area contributed by atoms with Crippen LogP contribution in [-0.2, 0) is 0 Å². The van der Waals surface area contributed by atoms with E-state index in [0.717, 1.165) is 27.7 Å². The van der Waals surface area contributed by atoms with Crippen LogP contribution in [-0.4, -0.2) is 16.7 Å². The number of nitrogens with zero attached hydrogens (tertiary/aromatic N) is 1. The van der Waals surface area contributed by atoms with Gasteiger partial charge in [-0.1, -0.05) is 48.5 Å². The van der Waals surface area contributed by atoms with E-state index in [1.807, 2.05) is 61.5 Å². The quantitative estimate of drug-likeness (QED) is 0.261. The van der Waals surface area contributed by atoms with Gasteiger partial charge in [-0.25, -0.2) is 9.78 Å². The molecule has 0 bridgehead atoms. The number of esters is 1. The van der Waals surface area contributed by atoms with Crippen LogP contribution in [0.3, 0.4) is 0 Å². The smallest absolute Gasteiger partial charge is 0.344 e. The molecular weight excluding hydrogens is 362 g/mol. The molecule has 0 N–H and O–H groups in total. The number of pyridine rings is 1. The van der Waals surface area contributed by atoms with Crippen molar-refractivity contribution in [3.8, 4) is 17.0 Å². The number of fused-ring (bicyclic) bond motifs is 1. The number of ether oxygens (including phenoxy) is 1. The monoisotopic (exact) mass is 381 g/mol. The summed E-state index contributed by atoms with van der Waals surface area (Å²) in [6.45, 7) is 3.38. The molecule has 0 saturated carbocycles. The number of benzene rings is 3. The lowest BCUT2D eigenvalue weighted by atomic mass is 9.98. The number of ketones is 1. The predicted octanol–water partition coefficient (Wildman–Crippen LogP) is 5.63. The maximum atomic E-state index is 13.1. The summed E-state index contributed by atoms with van der Waals surface area (Å²) in [5.41, 5.74) is 4.25. The van der Waals surface area contributed by atoms with Crippen molar-refractivity contribution in [3.05, 3.63) is 95.6 Å². The van der Waals surface area contributed by atoms with Crippen LogP contribution in [0.5, 0.6) is 5.75 Å². The summed E-state index contributed by atoms with van der Waals surface area (Å²) in [6.07, 6.45) is 0. The number of aromatic nitrogens is 1. The summed E-state index contributed by atoms with van der Waals surface area (Å²) in [5, 5.41) is 0.745. The molecule has 1 heterocycles. The van der Waals surface area contributed by atoms with Gasteiger partial charge in [-0.05, 0) is 49.7 Å². The molecule has 4 rings (SSSR count). The highest BCUT2D eigenvalue weighted by Gasteiger charge is 2.20. The molecule has 4 aromatic rings. The van der Waals surface area contributed by atoms with Crippen LogP contribution in [0.25, 0.3) is 22.2 Å². The average molecular weight is 381 g/mol. The van der Waals surface area contributed by atoms with Crippen molar-refractivity contribution < 1.29 is 14.3 Å². The first kappa shape index (κ1) is 18.6. The van der Waals surface area contributed by atoms with Gasteiger partial charge in [0.25, 0.3) is 0 Å². The molecule has 0 aliphatic rings. The van der Waals surface area contributed by atoms with Crippen LogP contribution in [0.1, 0.15) is 33.2 Å². The van der Waals surface area contributed by atoms with Crippen molar-refractivity contribution in [2.24, 2.45) is 0 Å². The highest BCUT2D eigenvalue weighted by Crippen LogP contribution is 2.30. The minimum absolute atomic E-state index is 0.0358. The standard InChI is InChI=1S/C25H19NO3/c1-16-23(25(28)29-20-14-12-18(13-15-20)17(2)27)21-10-6-7-11-22(21)26-24(16)19-8-4-3-5-9-19/h3-15H,1-2H3. The zero-order chi connectivity index (χ0) is 20.4. The Morgan fingerprint density at radius 1 is 0.828 bits per heavy atom. The minimum Gasteiger partial charge on any atom is -0.423 e. The SMILES string of the molecule is CC(=O)c1ccc(OC(=O)c2c(C)c(-c3ccccc3)nc3ccccc23)cc1. The molecule has 4 nitrogen and oxygen atoms in total. The summed E-state index contributed by atoms with van der Waals surface area (Å²) < 4.78 is 5.64. The number of hydrogen-bond donors (Lipinski definition) is 0. The van der Waals surface area contributed by atoms with Gasteiger partial charge in [0, 0.05) is 16.5 Å². The molecule has 142 valence electrons. The molecule has 0 fully saturated rings. The Morgan fingerprint density at radius 3 is 2.17 bits per heavy atom. The summed E-state index contributed by atoms with van der Waals surface area (Å²) >= 11 is 0. The molecule has 0 spiro atoms. The second-order valence-electron chi connectivity index (χ2n) is 6.81. The summed E-state index contributed by atoms with van der Waals surface area (Å²) in [5.74, 6) is -0.0956. The third-order valence-electron chi connectivity index (χ3n) is 4.86. The van der Waals surface area contributed by atoms with Gasteiger partial charge in [-0.15, -0.1) is 0 Å². The fourth-order valence-corrected chi connectivity index (χ4v) is 3.36. The molecule has 0 saturated heterocycles. The Bertz CT molecular complexity index is 1210. The maximum Gasteiger partial charge on any atom is 0.344 e. The lowest BCUT2D eigenvalue weighted by molar-refractivity contribution is 0.0736. The molecule has 0 unspecified atom stereocenters. The van der Waals surface area contributed by atoms with E-state index in [2.05, 4.69) is 0 Å². The maximum absolute atomic E-state index is 13.1. The van der Waals surface area contributed by atoms with Crippen molar-refractivity contribution in [1.29, 1.82) is 0 Å². The zero-order valence-electron chi connectivity index (χ0n) is 16.2. The highest BCUT2D eigenvalue weighted by atomic mass is 16.5. The molecule has 4 heteroatoms. The number of Topliss-reactive ketones (excluding diaryl/α,β-unsaturated/α-hetero) is 1. The third kappa shape index (κ3) is 3.65. The summed E-state index contributed by atoms with van der Waals surface area (Å²) in [4.78, 5) is 29.4. The van der Waals surface area contributed by atoms with Gasteiger partial charge in [0.2, 0.25) is 0 Å². The molecule has 0 aliphatic heterocycles. The van der Waals surface area contributed by atoms with Crippen LogP contribution in [0.4, 0.5) is 0 Å². The van der Waals surface area contributed by atoms with Crippen molar-refractivity contribution in [2.75, 3.05) is 0 Å². The Kier molecular flexibility index (Phi) is 4.92. The Hall–Kier alpha value is -3.79. The molecule has 0 atom stereocenters. The fraction of sp³-hybridized carbons (Fsp3) is 0.0800. The van der Waals surface area contributed by atoms with Crippen molar-refractivity contribution in [2.45, 2.75) is 13.8 Å². The van der Waals surface area contributed by atoms with Gasteiger partial charge in [0.15, 0.2) is 5.78 Å². The third-order valence-corrected chi connectivity index (χ3v) is 4.86. The van der Waals surface area contributed by atoms with E-state index in [0.29, 0.717) is 16.9 Å². The van der Waals surface area contributed by atoms with Gasteiger partial charge in [-0.3, -0.25) is 4.79 Å². The Labute approximate surface area is 168 Å². The first-order valence-corrected chi connectivity index (χ1v) is 9.32. The van der Waals surface area contributed by atoms with Gasteiger partial charge in [-0.2, -0.15) is 0 Å². The predicted molar refractivity (Wildman–Crippen MR) is 113 cm³/mol. The zero-order valence-corrected chi connectivity index (χ0v) is 16.2. The van der Waals surface area contributed by atoms with E-state index in [9.17, 15) is 9.59 Å². The van der Waals surface area contributed by atoms with E-state index >= 15 is 0 Å². The van der Waals surface area contributed by atoms with E-state index in [1.165, 1.54) is 6.92 Å². The van der Waals surface area contributed by atoms with Crippen LogP contribution in [0.2, 0.25) is 0 Å². The van der Waals surface area contributed by atoms with Crippen LogP contribution < -0.4 is 4.74 Å². The normalized spacial score (nSPS) is 10.7. The fourth-order valence-electron chi connectivity index (χ4n) is 3.36. The largest absolute Gasteiger partial charge is 0.423 e. The Morgan fingerprint density at radius 2 is 1.48 bits per heavy atom. The first-order valence-electron chi connectivity index (χ1n) is 9.32. The molecule has 1 aromatic heterocycles. The summed E-state index contributed by atoms with van der Waals surface area (Å²) in [7, 11) is 0. The van der Waals surface area contributed by atoms with Crippen LogP contribution in [0, 0.1) is 6.92 Å². The number of hydrogen-bond acceptors (Lipinski definition) is 4. The molecular formula is C25H19NO3.